The number of nitrogen functional groups attached to an aromatic ring is 1. The molecule has 1 saturated heterocycles. The molecule has 118 valence electrons. The molecule has 21 heavy (non-hydrogen) atoms. The number of hydrogen-bond acceptors (Lipinski definition) is 4. The smallest absolute Gasteiger partial charge is 0.242 e. The third-order valence-corrected chi connectivity index (χ3v) is 6.02. The highest BCUT2D eigenvalue weighted by Crippen LogP contribution is 2.25. The number of sulfonamides is 1. The second kappa shape index (κ2) is 6.34. The van der Waals surface area contributed by atoms with E-state index in [9.17, 15) is 8.42 Å². The van der Waals surface area contributed by atoms with Crippen molar-refractivity contribution in [1.82, 2.24) is 9.62 Å². The van der Waals surface area contributed by atoms with Crippen LogP contribution in [-0.2, 0) is 10.0 Å². The number of anilines is 1. The van der Waals surface area contributed by atoms with Crippen molar-refractivity contribution in [3.8, 4) is 0 Å². The summed E-state index contributed by atoms with van der Waals surface area (Å²) in [6.45, 7) is 8.25. The first-order valence-corrected chi connectivity index (χ1v) is 8.94. The van der Waals surface area contributed by atoms with Crippen molar-refractivity contribution in [2.75, 3.05) is 25.4 Å². The SMILES string of the molecule is CCN1CCCC1CNS(=O)(=O)c1c(N)ccc(C)c1C. The summed E-state index contributed by atoms with van der Waals surface area (Å²) >= 11 is 0. The first-order chi connectivity index (χ1) is 9.86. The molecular formula is C15H25N3O2S. The van der Waals surface area contributed by atoms with Gasteiger partial charge in [0.05, 0.1) is 5.69 Å². The molecule has 0 radical (unpaired) electrons. The summed E-state index contributed by atoms with van der Waals surface area (Å²) in [4.78, 5) is 2.54. The zero-order valence-corrected chi connectivity index (χ0v) is 13.8. The van der Waals surface area contributed by atoms with Crippen LogP contribution in [0, 0.1) is 13.8 Å². The van der Waals surface area contributed by atoms with E-state index in [1.54, 1.807) is 13.0 Å². The average Bonchev–Trinajstić information content (AvgIpc) is 2.88. The standard InChI is InChI=1S/C15H25N3O2S/c1-4-18-9-5-6-13(18)10-17-21(19,20)15-12(3)11(2)7-8-14(15)16/h7-8,13,17H,4-6,9-10,16H2,1-3H3. The van der Waals surface area contributed by atoms with Crippen LogP contribution in [-0.4, -0.2) is 39.0 Å². The number of likely N-dealkylation sites (tertiary alicyclic amines) is 1. The molecule has 5 nitrogen and oxygen atoms in total. The summed E-state index contributed by atoms with van der Waals surface area (Å²) in [7, 11) is -3.56. The molecule has 2 rings (SSSR count). The van der Waals surface area contributed by atoms with E-state index in [1.807, 2.05) is 13.0 Å². The predicted molar refractivity (Wildman–Crippen MR) is 85.8 cm³/mol. The molecule has 0 amide bonds. The Balaban J connectivity index is 2.18. The third-order valence-electron chi connectivity index (χ3n) is 4.39. The fraction of sp³-hybridized carbons (Fsp3) is 0.600. The van der Waals surface area contributed by atoms with E-state index in [4.69, 9.17) is 5.73 Å². The van der Waals surface area contributed by atoms with Crippen LogP contribution in [0.15, 0.2) is 17.0 Å². The van der Waals surface area contributed by atoms with Gasteiger partial charge in [0.2, 0.25) is 10.0 Å². The monoisotopic (exact) mass is 311 g/mol. The topological polar surface area (TPSA) is 75.4 Å². The van der Waals surface area contributed by atoms with E-state index >= 15 is 0 Å². The lowest BCUT2D eigenvalue weighted by Gasteiger charge is -2.23. The molecule has 0 bridgehead atoms. The first-order valence-electron chi connectivity index (χ1n) is 7.46. The quantitative estimate of drug-likeness (QED) is 0.811. The molecule has 1 aliphatic heterocycles. The van der Waals surface area contributed by atoms with Crippen LogP contribution in [0.4, 0.5) is 5.69 Å². The second-order valence-corrected chi connectivity index (χ2v) is 7.41. The molecular weight excluding hydrogens is 286 g/mol. The highest BCUT2D eigenvalue weighted by atomic mass is 32.2. The van der Waals surface area contributed by atoms with Crippen molar-refractivity contribution in [2.24, 2.45) is 0 Å². The van der Waals surface area contributed by atoms with Crippen LogP contribution in [0.3, 0.4) is 0 Å². The Labute approximate surface area is 127 Å². The van der Waals surface area contributed by atoms with Gasteiger partial charge in [-0.25, -0.2) is 13.1 Å². The van der Waals surface area contributed by atoms with E-state index in [0.29, 0.717) is 12.2 Å². The number of likely N-dealkylation sites (N-methyl/N-ethyl adjacent to an activating group) is 1. The van der Waals surface area contributed by atoms with Gasteiger partial charge in [-0.15, -0.1) is 0 Å². The molecule has 1 fully saturated rings. The summed E-state index contributed by atoms with van der Waals surface area (Å²) in [5, 5.41) is 0. The third kappa shape index (κ3) is 3.39. The van der Waals surface area contributed by atoms with Gasteiger partial charge in [0.25, 0.3) is 0 Å². The first kappa shape index (κ1) is 16.3. The van der Waals surface area contributed by atoms with E-state index in [1.165, 1.54) is 0 Å². The lowest BCUT2D eigenvalue weighted by molar-refractivity contribution is 0.268. The summed E-state index contributed by atoms with van der Waals surface area (Å²) in [5.74, 6) is 0. The Kier molecular flexibility index (Phi) is 4.91. The maximum Gasteiger partial charge on any atom is 0.242 e. The molecule has 1 aliphatic rings. The minimum absolute atomic E-state index is 0.226. The van der Waals surface area contributed by atoms with Gasteiger partial charge in [-0.05, 0) is 57.0 Å². The molecule has 0 aromatic heterocycles. The van der Waals surface area contributed by atoms with Crippen molar-refractivity contribution in [1.29, 1.82) is 0 Å². The second-order valence-electron chi connectivity index (χ2n) is 5.70. The highest BCUT2D eigenvalue weighted by molar-refractivity contribution is 7.89. The van der Waals surface area contributed by atoms with Gasteiger partial charge >= 0.3 is 0 Å². The maximum absolute atomic E-state index is 12.6. The van der Waals surface area contributed by atoms with Crippen LogP contribution >= 0.6 is 0 Å². The normalized spacial score (nSPS) is 20.0. The summed E-state index contributed by atoms with van der Waals surface area (Å²) in [5.41, 5.74) is 7.85. The van der Waals surface area contributed by atoms with E-state index in [0.717, 1.165) is 37.1 Å². The Morgan fingerprint density at radius 3 is 2.76 bits per heavy atom. The van der Waals surface area contributed by atoms with E-state index in [-0.39, 0.29) is 10.9 Å². The average molecular weight is 311 g/mol. The molecule has 0 aliphatic carbocycles. The lowest BCUT2D eigenvalue weighted by atomic mass is 10.1. The number of aryl methyl sites for hydroxylation is 1. The van der Waals surface area contributed by atoms with Gasteiger partial charge in [0.1, 0.15) is 4.90 Å². The highest BCUT2D eigenvalue weighted by Gasteiger charge is 2.26. The summed E-state index contributed by atoms with van der Waals surface area (Å²) in [6, 6.07) is 3.79. The zero-order valence-electron chi connectivity index (χ0n) is 13.0. The van der Waals surface area contributed by atoms with Crippen LogP contribution in [0.25, 0.3) is 0 Å². The van der Waals surface area contributed by atoms with Crippen molar-refractivity contribution < 1.29 is 8.42 Å². The van der Waals surface area contributed by atoms with E-state index in [2.05, 4.69) is 16.5 Å². The zero-order chi connectivity index (χ0) is 15.6. The Bertz CT molecular complexity index is 614. The van der Waals surface area contributed by atoms with Crippen LogP contribution in [0.1, 0.15) is 30.9 Å². The molecule has 1 unspecified atom stereocenters. The number of rotatable bonds is 5. The number of benzene rings is 1. The number of nitrogens with two attached hydrogens (primary N) is 1. The fourth-order valence-electron chi connectivity index (χ4n) is 2.99. The van der Waals surface area contributed by atoms with Gasteiger partial charge in [0.15, 0.2) is 0 Å². The maximum atomic E-state index is 12.6. The van der Waals surface area contributed by atoms with E-state index < -0.39 is 10.0 Å². The number of hydrogen-bond donors (Lipinski definition) is 2. The molecule has 6 heteroatoms. The van der Waals surface area contributed by atoms with Crippen molar-refractivity contribution in [3.63, 3.8) is 0 Å². The van der Waals surface area contributed by atoms with Gasteiger partial charge in [-0.2, -0.15) is 0 Å². The minimum atomic E-state index is -3.56. The van der Waals surface area contributed by atoms with Crippen molar-refractivity contribution in [2.45, 2.75) is 44.6 Å². The van der Waals surface area contributed by atoms with Gasteiger partial charge < -0.3 is 5.73 Å². The largest absolute Gasteiger partial charge is 0.398 e. The lowest BCUT2D eigenvalue weighted by Crippen LogP contribution is -2.40. The Hall–Kier alpha value is -1.11. The van der Waals surface area contributed by atoms with Gasteiger partial charge in [0, 0.05) is 12.6 Å². The summed E-state index contributed by atoms with van der Waals surface area (Å²) in [6.07, 6.45) is 2.17. The summed E-state index contributed by atoms with van der Waals surface area (Å²) < 4.78 is 27.9. The van der Waals surface area contributed by atoms with Gasteiger partial charge in [-0.3, -0.25) is 4.90 Å². The fourth-order valence-corrected chi connectivity index (χ4v) is 4.49. The molecule has 1 aromatic rings. The van der Waals surface area contributed by atoms with Crippen LogP contribution in [0.5, 0.6) is 0 Å². The number of nitrogens with zero attached hydrogens (tertiary/aromatic N) is 1. The molecule has 3 N–H and O–H groups in total. The molecule has 1 atom stereocenters. The molecule has 0 saturated carbocycles. The predicted octanol–water partition coefficient (Wildman–Crippen LogP) is 1.65. The molecule has 1 aromatic carbocycles. The number of nitrogens with one attached hydrogen (secondary N) is 1. The van der Waals surface area contributed by atoms with Crippen LogP contribution < -0.4 is 10.5 Å². The van der Waals surface area contributed by atoms with Crippen molar-refractivity contribution >= 4 is 15.7 Å². The Morgan fingerprint density at radius 2 is 2.10 bits per heavy atom. The van der Waals surface area contributed by atoms with Crippen LogP contribution in [0.2, 0.25) is 0 Å². The molecule has 1 heterocycles. The van der Waals surface area contributed by atoms with Gasteiger partial charge in [-0.1, -0.05) is 13.0 Å². The minimum Gasteiger partial charge on any atom is -0.398 e. The van der Waals surface area contributed by atoms with Crippen molar-refractivity contribution in [3.05, 3.63) is 23.3 Å². The molecule has 0 spiro atoms. The Morgan fingerprint density at radius 1 is 1.38 bits per heavy atom.